The van der Waals surface area contributed by atoms with Gasteiger partial charge in [-0.3, -0.25) is 14.9 Å². The minimum absolute atomic E-state index is 0.0430. The highest BCUT2D eigenvalue weighted by molar-refractivity contribution is 6.33. The van der Waals surface area contributed by atoms with Crippen LogP contribution in [0.3, 0.4) is 0 Å². The van der Waals surface area contributed by atoms with Crippen molar-refractivity contribution < 1.29 is 29.0 Å². The van der Waals surface area contributed by atoms with E-state index in [0.717, 1.165) is 33.9 Å². The maximum Gasteiger partial charge on any atom is 0.303 e. The first-order valence-electron chi connectivity index (χ1n) is 16.6. The highest BCUT2D eigenvalue weighted by atomic mass is 35.5. The first-order chi connectivity index (χ1) is 25.2. The Balaban J connectivity index is 1.37. The first-order valence-corrected chi connectivity index (χ1v) is 17.0. The molecule has 0 atom stereocenters. The number of anilines is 1. The number of carbonyl (C=O) groups is 1. The number of hydrogen-bond acceptors (Lipinski definition) is 9. The highest BCUT2D eigenvalue weighted by Crippen LogP contribution is 2.42. The molecule has 5 rings (SSSR count). The molecule has 5 aromatic carbocycles. The Hall–Kier alpha value is -5.78. The number of azo groups is 1. The molecule has 268 valence electrons. The van der Waals surface area contributed by atoms with Gasteiger partial charge in [0.05, 0.1) is 36.5 Å². The van der Waals surface area contributed by atoms with Crippen molar-refractivity contribution in [2.75, 3.05) is 38.8 Å². The lowest BCUT2D eigenvalue weighted by molar-refractivity contribution is -0.384. The Morgan fingerprint density at radius 3 is 1.90 bits per heavy atom. The van der Waals surface area contributed by atoms with Crippen LogP contribution in [-0.4, -0.2) is 49.9 Å². The molecule has 0 radical (unpaired) electrons. The molecule has 52 heavy (non-hydrogen) atoms. The zero-order valence-electron chi connectivity index (χ0n) is 28.9. The molecular weight excluding hydrogens is 684 g/mol. The van der Waals surface area contributed by atoms with E-state index in [1.807, 2.05) is 78.9 Å². The second-order valence-electron chi connectivity index (χ2n) is 11.8. The fraction of sp³-hybridized carbons (Fsp3) is 0.225. The van der Waals surface area contributed by atoms with Crippen LogP contribution in [0.2, 0.25) is 5.02 Å². The molecule has 0 saturated carbocycles. The van der Waals surface area contributed by atoms with Crippen molar-refractivity contribution >= 4 is 40.3 Å². The van der Waals surface area contributed by atoms with Gasteiger partial charge in [-0.1, -0.05) is 66.2 Å². The largest absolute Gasteiger partial charge is 0.497 e. The maximum atomic E-state index is 11.4. The SMILES string of the molecule is COc1ccc(C(OCCCN(CCCC(=O)O)c2ccc(/N=N/c3ccc([N+](=O)[O-])cc3Cl)cc2)(c2ccccc2)c2ccc(OC)cc2)cc1. The third-order valence-corrected chi connectivity index (χ3v) is 8.82. The smallest absolute Gasteiger partial charge is 0.303 e. The van der Waals surface area contributed by atoms with Crippen LogP contribution < -0.4 is 14.4 Å². The third-order valence-electron chi connectivity index (χ3n) is 8.51. The van der Waals surface area contributed by atoms with Crippen molar-refractivity contribution in [3.63, 3.8) is 0 Å². The molecule has 0 aliphatic heterocycles. The van der Waals surface area contributed by atoms with E-state index >= 15 is 0 Å². The van der Waals surface area contributed by atoms with E-state index in [2.05, 4.69) is 27.3 Å². The van der Waals surface area contributed by atoms with Gasteiger partial charge < -0.3 is 24.2 Å². The summed E-state index contributed by atoms with van der Waals surface area (Å²) in [5, 5.41) is 28.9. The molecule has 0 heterocycles. The number of carboxylic acids is 1. The summed E-state index contributed by atoms with van der Waals surface area (Å²) in [7, 11) is 3.27. The normalized spacial score (nSPS) is 11.4. The van der Waals surface area contributed by atoms with Crippen molar-refractivity contribution in [3.05, 3.63) is 153 Å². The molecule has 0 saturated heterocycles. The predicted octanol–water partition coefficient (Wildman–Crippen LogP) is 9.75. The van der Waals surface area contributed by atoms with Crippen molar-refractivity contribution in [3.8, 4) is 11.5 Å². The number of rotatable bonds is 18. The summed E-state index contributed by atoms with van der Waals surface area (Å²) in [6.07, 6.45) is 1.14. The van der Waals surface area contributed by atoms with E-state index in [9.17, 15) is 20.0 Å². The average Bonchev–Trinajstić information content (AvgIpc) is 3.17. The summed E-state index contributed by atoms with van der Waals surface area (Å²) in [4.78, 5) is 24.0. The van der Waals surface area contributed by atoms with E-state index in [4.69, 9.17) is 25.8 Å². The molecule has 1 N–H and O–H groups in total. The van der Waals surface area contributed by atoms with E-state index in [-0.39, 0.29) is 17.1 Å². The molecule has 0 aliphatic rings. The van der Waals surface area contributed by atoms with Gasteiger partial charge in [-0.2, -0.15) is 5.11 Å². The lowest BCUT2D eigenvalue weighted by atomic mass is 9.80. The van der Waals surface area contributed by atoms with Crippen LogP contribution in [0.4, 0.5) is 22.7 Å². The fourth-order valence-corrected chi connectivity index (χ4v) is 6.09. The minimum atomic E-state index is -0.951. The van der Waals surface area contributed by atoms with Gasteiger partial charge in [-0.05, 0) is 84.1 Å². The summed E-state index contributed by atoms with van der Waals surface area (Å²) in [6, 6.07) is 37.2. The number of nitro groups is 1. The number of non-ortho nitro benzene ring substituents is 1. The lowest BCUT2D eigenvalue weighted by Crippen LogP contribution is -2.34. The average molecular weight is 723 g/mol. The Kier molecular flexibility index (Phi) is 12.9. The van der Waals surface area contributed by atoms with E-state index in [1.165, 1.54) is 18.2 Å². The summed E-state index contributed by atoms with van der Waals surface area (Å²) in [6.45, 7) is 1.49. The number of nitro benzene ring substituents is 1. The zero-order chi connectivity index (χ0) is 36.9. The molecule has 0 bridgehead atoms. The molecule has 12 heteroatoms. The number of halogens is 1. The van der Waals surface area contributed by atoms with E-state index < -0.39 is 16.5 Å². The van der Waals surface area contributed by atoms with Gasteiger partial charge >= 0.3 is 5.97 Å². The van der Waals surface area contributed by atoms with E-state index in [0.29, 0.717) is 43.9 Å². The van der Waals surface area contributed by atoms with Crippen LogP contribution in [0.1, 0.15) is 36.0 Å². The quantitative estimate of drug-likeness (QED) is 0.0310. The van der Waals surface area contributed by atoms with Gasteiger partial charge in [0.25, 0.3) is 5.69 Å². The number of nitrogens with zero attached hydrogens (tertiary/aromatic N) is 4. The van der Waals surface area contributed by atoms with Gasteiger partial charge in [0.2, 0.25) is 0 Å². The van der Waals surface area contributed by atoms with Gasteiger partial charge in [-0.25, -0.2) is 0 Å². The molecule has 0 aliphatic carbocycles. The van der Waals surface area contributed by atoms with Crippen molar-refractivity contribution in [2.24, 2.45) is 10.2 Å². The van der Waals surface area contributed by atoms with Gasteiger partial charge in [0.15, 0.2) is 0 Å². The summed E-state index contributed by atoms with van der Waals surface area (Å²) < 4.78 is 17.9. The van der Waals surface area contributed by atoms with Crippen LogP contribution in [0.25, 0.3) is 0 Å². The van der Waals surface area contributed by atoms with Crippen LogP contribution in [0, 0.1) is 10.1 Å². The van der Waals surface area contributed by atoms with Crippen LogP contribution in [-0.2, 0) is 15.1 Å². The molecule has 0 unspecified atom stereocenters. The number of benzene rings is 5. The topological polar surface area (TPSA) is 136 Å². The Morgan fingerprint density at radius 2 is 1.37 bits per heavy atom. The third kappa shape index (κ3) is 9.30. The van der Waals surface area contributed by atoms with Crippen molar-refractivity contribution in [1.82, 2.24) is 0 Å². The standard InChI is InChI=1S/C40H39ClN4O7/c1-50-35-20-11-30(12-21-35)40(29-8-4-3-5-9-29,31-13-22-36(51-2)23-14-31)52-27-7-26-44(25-6-10-39(46)47)33-17-15-32(16-18-33)42-43-38-24-19-34(45(48)49)28-37(38)41/h3-5,8-9,11-24,28H,6-7,10,25-27H2,1-2H3,(H,46,47)/b43-42+. The van der Waals surface area contributed by atoms with Crippen LogP contribution >= 0.6 is 11.6 Å². The van der Waals surface area contributed by atoms with Gasteiger partial charge in [0, 0.05) is 37.3 Å². The number of methoxy groups -OCH3 is 2. The summed E-state index contributed by atoms with van der Waals surface area (Å²) in [5.41, 5.74) is 3.49. The molecule has 11 nitrogen and oxygen atoms in total. The second-order valence-corrected chi connectivity index (χ2v) is 12.2. The number of aliphatic carboxylic acids is 1. The molecule has 5 aromatic rings. The summed E-state index contributed by atoms with van der Waals surface area (Å²) >= 11 is 6.17. The number of hydrogen-bond donors (Lipinski definition) is 1. The first kappa shape index (κ1) is 37.5. The fourth-order valence-electron chi connectivity index (χ4n) is 5.88. The molecule has 0 fully saturated rings. The monoisotopic (exact) mass is 722 g/mol. The molecule has 0 spiro atoms. The molecule has 0 aromatic heterocycles. The molecule has 0 amide bonds. The predicted molar refractivity (Wildman–Crippen MR) is 201 cm³/mol. The van der Waals surface area contributed by atoms with Crippen molar-refractivity contribution in [1.29, 1.82) is 0 Å². The van der Waals surface area contributed by atoms with Crippen LogP contribution in [0.5, 0.6) is 11.5 Å². The number of carboxylic acid groups (broad SMARTS) is 1. The Bertz CT molecular complexity index is 1910. The van der Waals surface area contributed by atoms with Gasteiger partial charge in [-0.15, -0.1) is 5.11 Å². The maximum absolute atomic E-state index is 11.4. The van der Waals surface area contributed by atoms with Crippen LogP contribution in [0.15, 0.2) is 132 Å². The Morgan fingerprint density at radius 1 is 0.788 bits per heavy atom. The zero-order valence-corrected chi connectivity index (χ0v) is 29.6. The summed E-state index contributed by atoms with van der Waals surface area (Å²) in [5.74, 6) is 0.621. The van der Waals surface area contributed by atoms with Gasteiger partial charge in [0.1, 0.15) is 22.8 Å². The van der Waals surface area contributed by atoms with Crippen molar-refractivity contribution in [2.45, 2.75) is 24.9 Å². The molecular formula is C40H39ClN4O7. The minimum Gasteiger partial charge on any atom is -0.497 e. The highest BCUT2D eigenvalue weighted by Gasteiger charge is 2.37. The number of ether oxygens (including phenoxy) is 3. The second kappa shape index (κ2) is 17.9. The lowest BCUT2D eigenvalue weighted by Gasteiger charge is -2.36. The Labute approximate surface area is 307 Å². The van der Waals surface area contributed by atoms with E-state index in [1.54, 1.807) is 26.4 Å².